The Hall–Kier alpha value is -2.34. The van der Waals surface area contributed by atoms with E-state index in [9.17, 15) is 9.59 Å². The van der Waals surface area contributed by atoms with E-state index in [4.69, 9.17) is 4.74 Å². The molecule has 0 aliphatic carbocycles. The van der Waals surface area contributed by atoms with Gasteiger partial charge in [0, 0.05) is 12.2 Å². The third kappa shape index (κ3) is 4.50. The maximum Gasteiger partial charge on any atom is 0.338 e. The monoisotopic (exact) mass is 384 g/mol. The van der Waals surface area contributed by atoms with Crippen LogP contribution in [0.4, 0.5) is 0 Å². The van der Waals surface area contributed by atoms with E-state index in [2.05, 4.69) is 4.99 Å². The smallest absolute Gasteiger partial charge is 0.338 e. The maximum absolute atomic E-state index is 12.8. The van der Waals surface area contributed by atoms with Crippen molar-refractivity contribution in [1.82, 2.24) is 4.90 Å². The molecule has 2 aliphatic rings. The van der Waals surface area contributed by atoms with Crippen molar-refractivity contribution < 1.29 is 14.3 Å². The molecule has 2 heterocycles. The quantitative estimate of drug-likeness (QED) is 0.723. The lowest BCUT2D eigenvalue weighted by Crippen LogP contribution is -2.49. The lowest BCUT2D eigenvalue weighted by molar-refractivity contribution is -0.140. The minimum Gasteiger partial charge on any atom is -0.462 e. The van der Waals surface area contributed by atoms with Crippen molar-refractivity contribution in [2.45, 2.75) is 33.2 Å². The number of amides is 1. The number of nitrogens with zero attached hydrogens (tertiary/aromatic N) is 2. The zero-order valence-corrected chi connectivity index (χ0v) is 16.7. The molecule has 27 heavy (non-hydrogen) atoms. The molecule has 1 unspecified atom stereocenters. The molecule has 142 valence electrons. The third-order valence-electron chi connectivity index (χ3n) is 4.29. The Morgan fingerprint density at radius 2 is 2.11 bits per heavy atom. The van der Waals surface area contributed by atoms with E-state index in [0.717, 1.165) is 5.56 Å². The molecule has 3 rings (SSSR count). The van der Waals surface area contributed by atoms with Crippen LogP contribution in [0.25, 0.3) is 6.08 Å². The molecule has 1 saturated heterocycles. The minimum absolute atomic E-state index is 0.0168. The third-order valence-corrected chi connectivity index (χ3v) is 5.24. The van der Waals surface area contributed by atoms with Crippen LogP contribution >= 0.6 is 11.8 Å². The van der Waals surface area contributed by atoms with Crippen molar-refractivity contribution in [3.05, 3.63) is 53.2 Å². The average molecular weight is 385 g/mol. The van der Waals surface area contributed by atoms with E-state index in [0.29, 0.717) is 35.2 Å². The van der Waals surface area contributed by atoms with Crippen LogP contribution < -0.4 is 0 Å². The number of carbonyl (C=O) groups excluding carboxylic acids is 2. The van der Waals surface area contributed by atoms with Crippen molar-refractivity contribution in [3.63, 3.8) is 0 Å². The second-order valence-electron chi connectivity index (χ2n) is 6.96. The van der Waals surface area contributed by atoms with Gasteiger partial charge in [-0.3, -0.25) is 9.69 Å². The molecule has 0 radical (unpaired) electrons. The van der Waals surface area contributed by atoms with Crippen LogP contribution in [0.15, 0.2) is 52.7 Å². The van der Waals surface area contributed by atoms with Gasteiger partial charge in [0.25, 0.3) is 0 Å². The van der Waals surface area contributed by atoms with E-state index in [1.165, 1.54) is 0 Å². The van der Waals surface area contributed by atoms with Crippen molar-refractivity contribution >= 4 is 34.9 Å². The summed E-state index contributed by atoms with van der Waals surface area (Å²) >= 11 is 1.55. The van der Waals surface area contributed by atoms with Gasteiger partial charge in [0.1, 0.15) is 0 Å². The summed E-state index contributed by atoms with van der Waals surface area (Å²) in [4.78, 5) is 31.6. The Morgan fingerprint density at radius 3 is 2.81 bits per heavy atom. The Bertz CT molecular complexity index is 812. The molecule has 1 aromatic rings. The molecule has 1 atom stereocenters. The number of fused-ring (bicyclic) bond motifs is 1. The highest BCUT2D eigenvalue weighted by Crippen LogP contribution is 2.32. The van der Waals surface area contributed by atoms with Crippen LogP contribution in [-0.4, -0.2) is 40.3 Å². The van der Waals surface area contributed by atoms with Crippen molar-refractivity contribution in [1.29, 1.82) is 0 Å². The van der Waals surface area contributed by atoms with E-state index in [-0.39, 0.29) is 11.8 Å². The van der Waals surface area contributed by atoms with Crippen LogP contribution in [0.3, 0.4) is 0 Å². The van der Waals surface area contributed by atoms with Gasteiger partial charge >= 0.3 is 5.97 Å². The number of carbonyl (C=O) groups is 2. The first kappa shape index (κ1) is 19.4. The van der Waals surface area contributed by atoms with Gasteiger partial charge in [0.2, 0.25) is 5.91 Å². The number of ether oxygens (including phenoxy) is 1. The van der Waals surface area contributed by atoms with Crippen molar-refractivity contribution in [3.8, 4) is 0 Å². The number of rotatable bonds is 5. The predicted molar refractivity (Wildman–Crippen MR) is 109 cm³/mol. The highest BCUT2D eigenvalue weighted by atomic mass is 32.2. The summed E-state index contributed by atoms with van der Waals surface area (Å²) in [5, 5.41) is 0.659. The minimum atomic E-state index is -0.502. The Labute approximate surface area is 164 Å². The molecule has 2 aliphatic heterocycles. The summed E-state index contributed by atoms with van der Waals surface area (Å²) in [6.45, 7) is 6.12. The van der Waals surface area contributed by atoms with Gasteiger partial charge in [-0.1, -0.05) is 68.1 Å². The van der Waals surface area contributed by atoms with Crippen LogP contribution in [0.5, 0.6) is 0 Å². The molecule has 1 amide bonds. The largest absolute Gasteiger partial charge is 0.462 e. The summed E-state index contributed by atoms with van der Waals surface area (Å²) in [6.07, 6.45) is 4.26. The van der Waals surface area contributed by atoms with E-state index < -0.39 is 12.0 Å². The van der Waals surface area contributed by atoms with Gasteiger partial charge in [-0.25, -0.2) is 9.79 Å². The number of benzene rings is 1. The zero-order chi connectivity index (χ0) is 19.4. The van der Waals surface area contributed by atoms with Gasteiger partial charge in [0.15, 0.2) is 5.17 Å². The molecular weight excluding hydrogens is 360 g/mol. The number of amidine groups is 1. The zero-order valence-electron chi connectivity index (χ0n) is 15.8. The number of thioether (sulfide) groups is 1. The van der Waals surface area contributed by atoms with Crippen molar-refractivity contribution in [2.75, 3.05) is 12.4 Å². The van der Waals surface area contributed by atoms with Gasteiger partial charge in [-0.15, -0.1) is 0 Å². The molecule has 6 heteroatoms. The van der Waals surface area contributed by atoms with E-state index in [1.807, 2.05) is 56.3 Å². The fourth-order valence-corrected chi connectivity index (χ4v) is 3.99. The number of aliphatic imine (C=N–C) groups is 1. The molecular formula is C21H24N2O3S. The number of allylic oxidation sites excluding steroid dienone is 1. The molecule has 0 spiro atoms. The topological polar surface area (TPSA) is 59.0 Å². The Morgan fingerprint density at radius 1 is 1.37 bits per heavy atom. The summed E-state index contributed by atoms with van der Waals surface area (Å²) in [5.74, 6) is 0.527. The van der Waals surface area contributed by atoms with Crippen LogP contribution in [0.2, 0.25) is 0 Å². The second kappa shape index (κ2) is 8.57. The van der Waals surface area contributed by atoms with Crippen molar-refractivity contribution in [2.24, 2.45) is 10.9 Å². The fraction of sp³-hybridized carbons (Fsp3) is 0.381. The highest BCUT2D eigenvalue weighted by molar-refractivity contribution is 8.14. The van der Waals surface area contributed by atoms with Crippen LogP contribution in [-0.2, 0) is 14.3 Å². The fourth-order valence-electron chi connectivity index (χ4n) is 2.97. The molecule has 1 fully saturated rings. The SMILES string of the molecule is CC1=C(C(=O)OCC(C)C)C(/C=C/c2ccccc2)N2C(=O)CCSC2=N1. The lowest BCUT2D eigenvalue weighted by atomic mass is 10.00. The molecule has 5 nitrogen and oxygen atoms in total. The van der Waals surface area contributed by atoms with Crippen LogP contribution in [0.1, 0.15) is 32.8 Å². The second-order valence-corrected chi connectivity index (χ2v) is 8.02. The standard InChI is InChI=1S/C21H24N2O3S/c1-14(2)13-26-20(25)19-15(3)22-21-23(18(24)11-12-27-21)17(19)10-9-16-7-5-4-6-8-16/h4-10,14,17H,11-13H2,1-3H3/b10-9+. The van der Waals surface area contributed by atoms with E-state index in [1.54, 1.807) is 23.6 Å². The normalized spacial score (nSPS) is 20.1. The summed E-state index contributed by atoms with van der Waals surface area (Å²) in [5.41, 5.74) is 2.05. The Balaban J connectivity index is 1.97. The molecule has 0 bridgehead atoms. The molecule has 0 aromatic heterocycles. The van der Waals surface area contributed by atoms with Crippen LogP contribution in [0, 0.1) is 5.92 Å². The van der Waals surface area contributed by atoms with Gasteiger partial charge < -0.3 is 4.74 Å². The first-order valence-corrected chi connectivity index (χ1v) is 10.1. The number of hydrogen-bond acceptors (Lipinski definition) is 5. The van der Waals surface area contributed by atoms with Gasteiger partial charge in [0.05, 0.1) is 23.9 Å². The highest BCUT2D eigenvalue weighted by Gasteiger charge is 2.39. The van der Waals surface area contributed by atoms with Gasteiger partial charge in [-0.05, 0) is 18.4 Å². The first-order chi connectivity index (χ1) is 13.0. The lowest BCUT2D eigenvalue weighted by Gasteiger charge is -2.37. The number of esters is 1. The molecule has 1 aromatic carbocycles. The molecule has 0 saturated carbocycles. The molecule has 0 N–H and O–H groups in total. The average Bonchev–Trinajstić information content (AvgIpc) is 2.64. The van der Waals surface area contributed by atoms with Gasteiger partial charge in [-0.2, -0.15) is 0 Å². The summed E-state index contributed by atoms with van der Waals surface area (Å²) in [7, 11) is 0. The first-order valence-electron chi connectivity index (χ1n) is 9.12. The summed E-state index contributed by atoms with van der Waals surface area (Å²) in [6, 6.07) is 9.31. The number of hydrogen-bond donors (Lipinski definition) is 0. The Kier molecular flexibility index (Phi) is 6.16. The van der Waals surface area contributed by atoms with E-state index >= 15 is 0 Å². The predicted octanol–water partition coefficient (Wildman–Crippen LogP) is 3.88. The summed E-state index contributed by atoms with van der Waals surface area (Å²) < 4.78 is 5.47. The maximum atomic E-state index is 12.8.